The number of hydrogen-bond acceptors (Lipinski definition) is 4. The number of carbonyl (C=O) groups excluding carboxylic acids is 1. The number of aryl methyl sites for hydroxylation is 1. The number of hydrogen-bond donors (Lipinski definition) is 1. The molecule has 2 rings (SSSR count). The lowest BCUT2D eigenvalue weighted by Crippen LogP contribution is -2.02. The Labute approximate surface area is 162 Å². The Bertz CT molecular complexity index is 779. The van der Waals surface area contributed by atoms with E-state index in [1.54, 1.807) is 6.08 Å². The van der Waals surface area contributed by atoms with Gasteiger partial charge in [-0.1, -0.05) is 13.8 Å². The van der Waals surface area contributed by atoms with Crippen molar-refractivity contribution in [1.29, 1.82) is 0 Å². The molecule has 1 N–H and O–H groups in total. The van der Waals surface area contributed by atoms with E-state index in [4.69, 9.17) is 9.47 Å². The van der Waals surface area contributed by atoms with Crippen LogP contribution in [0.1, 0.15) is 48.2 Å². The second kappa shape index (κ2) is 10.4. The van der Waals surface area contributed by atoms with Gasteiger partial charge in [0.15, 0.2) is 5.78 Å². The lowest BCUT2D eigenvalue weighted by atomic mass is 10.1. The zero-order valence-electron chi connectivity index (χ0n) is 16.7. The first-order valence-corrected chi connectivity index (χ1v) is 9.49. The quantitative estimate of drug-likeness (QED) is 0.444. The van der Waals surface area contributed by atoms with E-state index in [-0.39, 0.29) is 5.78 Å². The van der Waals surface area contributed by atoms with Crippen LogP contribution in [0.3, 0.4) is 0 Å². The number of ether oxygens (including phenoxy) is 2. The molecule has 0 unspecified atom stereocenters. The fourth-order valence-corrected chi connectivity index (χ4v) is 2.59. The Morgan fingerprint density at radius 3 is 2.22 bits per heavy atom. The first-order chi connectivity index (χ1) is 13.1. The van der Waals surface area contributed by atoms with Gasteiger partial charge in [-0.2, -0.15) is 0 Å². The fourth-order valence-electron chi connectivity index (χ4n) is 2.59. The molecule has 0 spiro atoms. The lowest BCUT2D eigenvalue weighted by Gasteiger charge is -2.14. The Morgan fingerprint density at radius 2 is 1.63 bits per heavy atom. The largest absolute Gasteiger partial charge is 0.493 e. The minimum Gasteiger partial charge on any atom is -0.493 e. The molecule has 4 nitrogen and oxygen atoms in total. The van der Waals surface area contributed by atoms with Crippen LogP contribution in [-0.2, 0) is 0 Å². The summed E-state index contributed by atoms with van der Waals surface area (Å²) in [7, 11) is 1.85. The van der Waals surface area contributed by atoms with Crippen molar-refractivity contribution in [2.75, 3.05) is 25.6 Å². The summed E-state index contributed by atoms with van der Waals surface area (Å²) in [6.07, 6.45) is 5.27. The summed E-state index contributed by atoms with van der Waals surface area (Å²) in [5, 5.41) is 3.05. The van der Waals surface area contributed by atoms with Crippen molar-refractivity contribution < 1.29 is 14.3 Å². The van der Waals surface area contributed by atoms with Gasteiger partial charge in [0.1, 0.15) is 11.5 Å². The molecule has 0 radical (unpaired) electrons. The molecule has 0 atom stereocenters. The molecule has 0 aliphatic heterocycles. The Morgan fingerprint density at radius 1 is 1.00 bits per heavy atom. The summed E-state index contributed by atoms with van der Waals surface area (Å²) >= 11 is 0. The molecule has 0 aromatic heterocycles. The molecule has 0 aliphatic rings. The Balaban J connectivity index is 2.24. The summed E-state index contributed by atoms with van der Waals surface area (Å²) in [5.74, 6) is 1.53. The molecular formula is C23H29NO3. The topological polar surface area (TPSA) is 47.6 Å². The van der Waals surface area contributed by atoms with Gasteiger partial charge in [-0.25, -0.2) is 0 Å². The van der Waals surface area contributed by atoms with Crippen LogP contribution in [0.5, 0.6) is 11.5 Å². The molecule has 0 bridgehead atoms. The average Bonchev–Trinajstić information content (AvgIpc) is 2.70. The van der Waals surface area contributed by atoms with E-state index < -0.39 is 0 Å². The van der Waals surface area contributed by atoms with Gasteiger partial charge in [-0.3, -0.25) is 4.79 Å². The monoisotopic (exact) mass is 367 g/mol. The van der Waals surface area contributed by atoms with Crippen LogP contribution in [0.4, 0.5) is 5.69 Å². The molecule has 0 saturated carbocycles. The van der Waals surface area contributed by atoms with Crippen molar-refractivity contribution in [3.05, 3.63) is 59.2 Å². The third kappa shape index (κ3) is 5.88. The van der Waals surface area contributed by atoms with E-state index in [0.29, 0.717) is 18.8 Å². The third-order valence-electron chi connectivity index (χ3n) is 4.10. The number of rotatable bonds is 10. The maximum Gasteiger partial charge on any atom is 0.185 e. The fraction of sp³-hybridized carbons (Fsp3) is 0.348. The summed E-state index contributed by atoms with van der Waals surface area (Å²) in [6.45, 7) is 7.44. The van der Waals surface area contributed by atoms with E-state index in [0.717, 1.165) is 41.2 Å². The zero-order chi connectivity index (χ0) is 19.6. The highest BCUT2D eigenvalue weighted by molar-refractivity contribution is 6.07. The van der Waals surface area contributed by atoms with Gasteiger partial charge < -0.3 is 14.8 Å². The molecule has 0 aliphatic carbocycles. The summed E-state index contributed by atoms with van der Waals surface area (Å²) in [4.78, 5) is 12.5. The molecule has 0 amide bonds. The van der Waals surface area contributed by atoms with Crippen LogP contribution in [0.15, 0.2) is 42.5 Å². The number of ketones is 1. The normalized spacial score (nSPS) is 10.8. The number of allylic oxidation sites excluding steroid dienone is 1. The van der Waals surface area contributed by atoms with Crippen molar-refractivity contribution in [2.45, 2.75) is 33.6 Å². The molecule has 4 heteroatoms. The van der Waals surface area contributed by atoms with Crippen LogP contribution in [0.25, 0.3) is 6.08 Å². The van der Waals surface area contributed by atoms with Crippen molar-refractivity contribution in [3.63, 3.8) is 0 Å². The summed E-state index contributed by atoms with van der Waals surface area (Å²) in [6, 6.07) is 11.3. The van der Waals surface area contributed by atoms with Crippen molar-refractivity contribution in [3.8, 4) is 11.5 Å². The summed E-state index contributed by atoms with van der Waals surface area (Å²) < 4.78 is 11.7. The van der Waals surface area contributed by atoms with Crippen molar-refractivity contribution in [1.82, 2.24) is 0 Å². The minimum absolute atomic E-state index is 0.0388. The molecule has 27 heavy (non-hydrogen) atoms. The van der Waals surface area contributed by atoms with Crippen molar-refractivity contribution in [2.24, 2.45) is 0 Å². The molecule has 0 heterocycles. The second-order valence-electron chi connectivity index (χ2n) is 6.38. The standard InChI is InChI=1S/C23H29NO3/c1-5-13-26-22-16-23(27-14-6-2)19(15-17(22)3)9-12-21(25)18-7-10-20(24-4)11-8-18/h7-12,15-16,24H,5-6,13-14H2,1-4H3. The zero-order valence-corrected chi connectivity index (χ0v) is 16.7. The van der Waals surface area contributed by atoms with Crippen LogP contribution < -0.4 is 14.8 Å². The second-order valence-corrected chi connectivity index (χ2v) is 6.38. The maximum absolute atomic E-state index is 12.5. The number of carbonyl (C=O) groups is 1. The highest BCUT2D eigenvalue weighted by atomic mass is 16.5. The molecule has 144 valence electrons. The molecule has 0 fully saturated rings. The van der Waals surface area contributed by atoms with Gasteiger partial charge in [-0.05, 0) is 67.8 Å². The van der Waals surface area contributed by atoms with E-state index in [9.17, 15) is 4.79 Å². The van der Waals surface area contributed by atoms with Gasteiger partial charge >= 0.3 is 0 Å². The van der Waals surface area contributed by atoms with Gasteiger partial charge in [0.2, 0.25) is 0 Å². The summed E-state index contributed by atoms with van der Waals surface area (Å²) in [5.41, 5.74) is 3.53. The van der Waals surface area contributed by atoms with Gasteiger partial charge in [0.25, 0.3) is 0 Å². The molecule has 0 saturated heterocycles. The lowest BCUT2D eigenvalue weighted by molar-refractivity contribution is 0.104. The third-order valence-corrected chi connectivity index (χ3v) is 4.10. The van der Waals surface area contributed by atoms with E-state index >= 15 is 0 Å². The Hall–Kier alpha value is -2.75. The molecule has 2 aromatic carbocycles. The van der Waals surface area contributed by atoms with Crippen LogP contribution in [0, 0.1) is 6.92 Å². The maximum atomic E-state index is 12.5. The van der Waals surface area contributed by atoms with Crippen LogP contribution >= 0.6 is 0 Å². The van der Waals surface area contributed by atoms with E-state index in [1.807, 2.05) is 56.4 Å². The SMILES string of the molecule is CCCOc1cc(OCCC)c(C=CC(=O)c2ccc(NC)cc2)cc1C. The molecule has 2 aromatic rings. The van der Waals surface area contributed by atoms with Gasteiger partial charge in [0, 0.05) is 29.9 Å². The molecular weight excluding hydrogens is 338 g/mol. The first-order valence-electron chi connectivity index (χ1n) is 9.49. The van der Waals surface area contributed by atoms with Gasteiger partial charge in [-0.15, -0.1) is 0 Å². The number of anilines is 1. The minimum atomic E-state index is -0.0388. The predicted octanol–water partition coefficient (Wildman–Crippen LogP) is 5.51. The van der Waals surface area contributed by atoms with Crippen molar-refractivity contribution >= 4 is 17.5 Å². The van der Waals surface area contributed by atoms with Gasteiger partial charge in [0.05, 0.1) is 13.2 Å². The highest BCUT2D eigenvalue weighted by Crippen LogP contribution is 2.30. The van der Waals surface area contributed by atoms with E-state index in [2.05, 4.69) is 19.2 Å². The highest BCUT2D eigenvalue weighted by Gasteiger charge is 2.09. The number of benzene rings is 2. The Kier molecular flexibility index (Phi) is 7.93. The van der Waals surface area contributed by atoms with E-state index in [1.165, 1.54) is 0 Å². The van der Waals surface area contributed by atoms with Crippen LogP contribution in [0.2, 0.25) is 0 Å². The number of nitrogens with one attached hydrogen (secondary N) is 1. The predicted molar refractivity (Wildman–Crippen MR) is 112 cm³/mol. The smallest absolute Gasteiger partial charge is 0.185 e. The average molecular weight is 367 g/mol. The first kappa shape index (κ1) is 20.6. The van der Waals surface area contributed by atoms with Crippen LogP contribution in [-0.4, -0.2) is 26.0 Å².